The molecular weight excluding hydrogens is 1400 g/mol. The van der Waals surface area contributed by atoms with E-state index in [0.29, 0.717) is 25.7 Å². The lowest BCUT2D eigenvalue weighted by Crippen LogP contribution is -2.30. The minimum absolute atomic E-state index is 0.108. The van der Waals surface area contributed by atoms with Crippen LogP contribution in [0.15, 0.2) is 0 Å². The van der Waals surface area contributed by atoms with Gasteiger partial charge in [0, 0.05) is 25.7 Å². The van der Waals surface area contributed by atoms with Crippen molar-refractivity contribution in [3.8, 4) is 0 Å². The third-order valence-corrected chi connectivity index (χ3v) is 23.5. The van der Waals surface area contributed by atoms with Crippen molar-refractivity contribution in [2.45, 2.75) is 491 Å². The average molecular weight is 1580 g/mol. The predicted molar refractivity (Wildman–Crippen MR) is 446 cm³/mol. The molecule has 108 heavy (non-hydrogen) atoms. The zero-order chi connectivity index (χ0) is 79.3. The van der Waals surface area contributed by atoms with Crippen LogP contribution in [0.25, 0.3) is 0 Å². The zero-order valence-electron chi connectivity index (χ0n) is 71.3. The Hall–Kier alpha value is -1.94. The van der Waals surface area contributed by atoms with E-state index in [2.05, 4.69) is 48.5 Å². The van der Waals surface area contributed by atoms with Crippen molar-refractivity contribution >= 4 is 39.5 Å². The van der Waals surface area contributed by atoms with Crippen LogP contribution in [0, 0.1) is 17.8 Å². The van der Waals surface area contributed by atoms with Gasteiger partial charge in [-0.15, -0.1) is 0 Å². The first kappa shape index (κ1) is 106. The van der Waals surface area contributed by atoms with Gasteiger partial charge in [-0.25, -0.2) is 9.13 Å². The number of rotatable bonds is 87. The molecule has 642 valence electrons. The Labute approximate surface area is 664 Å². The molecule has 0 aromatic rings. The van der Waals surface area contributed by atoms with Crippen LogP contribution in [0.2, 0.25) is 0 Å². The second kappa shape index (κ2) is 78.9. The van der Waals surface area contributed by atoms with Crippen molar-refractivity contribution in [2.24, 2.45) is 17.8 Å². The maximum Gasteiger partial charge on any atom is 0.472 e. The van der Waals surface area contributed by atoms with E-state index in [1.807, 2.05) is 0 Å². The maximum atomic E-state index is 13.2. The van der Waals surface area contributed by atoms with Crippen LogP contribution in [-0.2, 0) is 65.4 Å². The van der Waals surface area contributed by atoms with Gasteiger partial charge in [-0.3, -0.25) is 37.3 Å². The number of carbonyl (C=O) groups is 4. The smallest absolute Gasteiger partial charge is 0.462 e. The molecule has 0 aromatic heterocycles. The van der Waals surface area contributed by atoms with Crippen molar-refractivity contribution in [3.63, 3.8) is 0 Å². The summed E-state index contributed by atoms with van der Waals surface area (Å²) in [7, 11) is -9.93. The number of unbranched alkanes of at least 4 members (excludes halogenated alkanes) is 53. The minimum Gasteiger partial charge on any atom is -0.462 e. The number of hydrogen-bond acceptors (Lipinski definition) is 15. The molecule has 3 N–H and O–H groups in total. The SMILES string of the molecule is CCCCCCCCCCCCCCCCCCCC(=O)O[C@H](COC(=O)CCCCCCCCCCC(C)C)COP(=O)(O)OC[C@H](O)COP(=O)(O)OC[C@@H](COC(=O)CCCCCCCCCCCCCCCCC(C)CC)OC(=O)CCCCCCCCCCCCCCCCCCCCC(C)CC. The van der Waals surface area contributed by atoms with E-state index in [1.165, 1.54) is 283 Å². The normalized spacial score (nSPS) is 14.3. The second-order valence-electron chi connectivity index (χ2n) is 32.9. The molecular formula is C89H174O17P2. The topological polar surface area (TPSA) is 237 Å². The molecule has 0 aliphatic heterocycles. The molecule has 0 aliphatic carbocycles. The molecule has 19 heteroatoms. The van der Waals surface area contributed by atoms with Crippen LogP contribution in [0.5, 0.6) is 0 Å². The number of esters is 4. The van der Waals surface area contributed by atoms with Crippen LogP contribution < -0.4 is 0 Å². The van der Waals surface area contributed by atoms with Crippen molar-refractivity contribution in [1.82, 2.24) is 0 Å². The minimum atomic E-state index is -4.97. The fourth-order valence-electron chi connectivity index (χ4n) is 13.8. The first-order valence-corrected chi connectivity index (χ1v) is 48.9. The maximum absolute atomic E-state index is 13.2. The van der Waals surface area contributed by atoms with E-state index in [9.17, 15) is 43.2 Å². The number of aliphatic hydroxyl groups is 1. The highest BCUT2D eigenvalue weighted by Crippen LogP contribution is 2.45. The highest BCUT2D eigenvalue weighted by molar-refractivity contribution is 7.47. The molecule has 0 amide bonds. The molecule has 0 aromatic carbocycles. The van der Waals surface area contributed by atoms with E-state index in [-0.39, 0.29) is 25.7 Å². The zero-order valence-corrected chi connectivity index (χ0v) is 73.1. The van der Waals surface area contributed by atoms with Gasteiger partial charge >= 0.3 is 39.5 Å². The fourth-order valence-corrected chi connectivity index (χ4v) is 15.4. The molecule has 0 heterocycles. The number of ether oxygens (including phenoxy) is 4. The Balaban J connectivity index is 5.24. The number of aliphatic hydroxyl groups excluding tert-OH is 1. The van der Waals surface area contributed by atoms with Gasteiger partial charge in [-0.05, 0) is 43.4 Å². The van der Waals surface area contributed by atoms with E-state index in [0.717, 1.165) is 108 Å². The monoisotopic (exact) mass is 1580 g/mol. The van der Waals surface area contributed by atoms with Gasteiger partial charge in [0.15, 0.2) is 12.2 Å². The van der Waals surface area contributed by atoms with Gasteiger partial charge in [-0.2, -0.15) is 0 Å². The molecule has 0 radical (unpaired) electrons. The van der Waals surface area contributed by atoms with Crippen molar-refractivity contribution < 1.29 is 80.2 Å². The lowest BCUT2D eigenvalue weighted by Gasteiger charge is -2.21. The predicted octanol–water partition coefficient (Wildman–Crippen LogP) is 27.3. The van der Waals surface area contributed by atoms with Crippen molar-refractivity contribution in [1.29, 1.82) is 0 Å². The molecule has 0 bridgehead atoms. The molecule has 17 nitrogen and oxygen atoms in total. The molecule has 0 saturated heterocycles. The highest BCUT2D eigenvalue weighted by Gasteiger charge is 2.31. The number of phosphoric ester groups is 2. The van der Waals surface area contributed by atoms with Gasteiger partial charge in [0.25, 0.3) is 0 Å². The lowest BCUT2D eigenvalue weighted by molar-refractivity contribution is -0.161. The summed E-state index contributed by atoms with van der Waals surface area (Å²) < 4.78 is 69.0. The summed E-state index contributed by atoms with van der Waals surface area (Å²) in [5.41, 5.74) is 0. The van der Waals surface area contributed by atoms with Gasteiger partial charge in [-0.1, -0.05) is 421 Å². The summed E-state index contributed by atoms with van der Waals surface area (Å²) >= 11 is 0. The van der Waals surface area contributed by atoms with Crippen LogP contribution in [-0.4, -0.2) is 96.7 Å². The quantitative estimate of drug-likeness (QED) is 0.0222. The third kappa shape index (κ3) is 79.3. The number of hydrogen-bond donors (Lipinski definition) is 3. The molecule has 0 rings (SSSR count). The number of carbonyl (C=O) groups excluding carboxylic acids is 4. The Kier molecular flexibility index (Phi) is 77.5. The Morgan fingerprint density at radius 3 is 0.704 bits per heavy atom. The average Bonchev–Trinajstić information content (AvgIpc) is 0.898. The van der Waals surface area contributed by atoms with Crippen LogP contribution >= 0.6 is 15.6 Å². The molecule has 0 saturated carbocycles. The second-order valence-corrected chi connectivity index (χ2v) is 35.9. The summed E-state index contributed by atoms with van der Waals surface area (Å²) in [5, 5.41) is 10.7. The van der Waals surface area contributed by atoms with E-state index in [4.69, 9.17) is 37.0 Å². The summed E-state index contributed by atoms with van der Waals surface area (Å²) in [6, 6.07) is 0. The standard InChI is InChI=1S/C89H174O17P2/c1-8-11-12-13-14-15-16-17-18-21-25-32-37-42-51-58-65-73-89(94)106-85(77-100-87(92)71-64-57-50-45-44-46-53-60-67-80(4)5)79-104-108(97,98)102-75-83(90)74-101-107(95,96)103-78-84(76-99-86(91)70-63-56-49-41-36-31-28-27-30-35-40-48-55-62-69-82(7)10-3)105-88(93)72-66-59-52-43-38-33-26-23-20-19-22-24-29-34-39-47-54-61-68-81(6)9-2/h80-85,90H,8-79H2,1-7H3,(H,95,96)(H,97,98)/t81?,82?,83-,84-,85-/m1/s1. The first-order valence-electron chi connectivity index (χ1n) is 45.9. The molecule has 0 fully saturated rings. The van der Waals surface area contributed by atoms with Gasteiger partial charge in [0.05, 0.1) is 26.4 Å². The molecule has 0 aliphatic rings. The van der Waals surface area contributed by atoms with E-state index < -0.39 is 97.5 Å². The third-order valence-electron chi connectivity index (χ3n) is 21.6. The highest BCUT2D eigenvalue weighted by atomic mass is 31.2. The van der Waals surface area contributed by atoms with Crippen LogP contribution in [0.4, 0.5) is 0 Å². The number of phosphoric acid groups is 2. The summed E-state index contributed by atoms with van der Waals surface area (Å²) in [6.07, 6.45) is 70.8. The van der Waals surface area contributed by atoms with Gasteiger partial charge < -0.3 is 33.8 Å². The summed E-state index contributed by atoms with van der Waals surface area (Å²) in [4.78, 5) is 73.3. The molecule has 7 atom stereocenters. The summed E-state index contributed by atoms with van der Waals surface area (Å²) in [5.74, 6) is 0.346. The fraction of sp³-hybridized carbons (Fsp3) is 0.955. The largest absolute Gasteiger partial charge is 0.472 e. The van der Waals surface area contributed by atoms with Crippen molar-refractivity contribution in [3.05, 3.63) is 0 Å². The van der Waals surface area contributed by atoms with E-state index >= 15 is 0 Å². The lowest BCUT2D eigenvalue weighted by atomic mass is 9.99. The van der Waals surface area contributed by atoms with E-state index in [1.54, 1.807) is 0 Å². The summed E-state index contributed by atoms with van der Waals surface area (Å²) in [6.45, 7) is 12.1. The Morgan fingerprint density at radius 2 is 0.472 bits per heavy atom. The molecule has 4 unspecified atom stereocenters. The Bertz CT molecular complexity index is 2080. The van der Waals surface area contributed by atoms with Crippen LogP contribution in [0.1, 0.15) is 472 Å². The van der Waals surface area contributed by atoms with Crippen LogP contribution in [0.3, 0.4) is 0 Å². The first-order chi connectivity index (χ1) is 52.3. The van der Waals surface area contributed by atoms with Gasteiger partial charge in [0.1, 0.15) is 19.3 Å². The Morgan fingerprint density at radius 1 is 0.269 bits per heavy atom. The van der Waals surface area contributed by atoms with Gasteiger partial charge in [0.2, 0.25) is 0 Å². The van der Waals surface area contributed by atoms with Crippen molar-refractivity contribution in [2.75, 3.05) is 39.6 Å². The molecule has 0 spiro atoms.